The lowest BCUT2D eigenvalue weighted by Gasteiger charge is -2.06. The number of halogens is 1. The fourth-order valence-corrected chi connectivity index (χ4v) is 2.06. The van der Waals surface area contributed by atoms with Gasteiger partial charge >= 0.3 is 5.69 Å². The summed E-state index contributed by atoms with van der Waals surface area (Å²) in [5.74, 6) is 1.02. The van der Waals surface area contributed by atoms with Gasteiger partial charge in [-0.1, -0.05) is 23.7 Å². The summed E-state index contributed by atoms with van der Waals surface area (Å²) in [6.07, 6.45) is 2.97. The number of hydrogen-bond donors (Lipinski definition) is 2. The molecule has 2 aromatic carbocycles. The molecular formula is C17H14ClN5O2. The normalized spacial score (nSPS) is 10.8. The third-order valence-corrected chi connectivity index (χ3v) is 3.41. The molecule has 0 saturated heterocycles. The van der Waals surface area contributed by atoms with Crippen LogP contribution in [0, 0.1) is 0 Å². The molecule has 2 N–H and O–H groups in total. The molecule has 0 atom stereocenters. The average molecular weight is 356 g/mol. The number of nitrogens with one attached hydrogen (secondary N) is 2. The molecule has 126 valence electrons. The second-order valence-electron chi connectivity index (χ2n) is 5.03. The molecule has 0 fully saturated rings. The quantitative estimate of drug-likeness (QED) is 0.524. The molecule has 0 bridgehead atoms. The number of hydrazone groups is 1. The maximum absolute atomic E-state index is 11.0. The van der Waals surface area contributed by atoms with Crippen LogP contribution in [0.25, 0.3) is 0 Å². The van der Waals surface area contributed by atoms with Crippen LogP contribution in [0.3, 0.4) is 0 Å². The Morgan fingerprint density at radius 3 is 2.64 bits per heavy atom. The molecule has 3 aromatic rings. The van der Waals surface area contributed by atoms with Gasteiger partial charge in [-0.15, -0.1) is 0 Å². The summed E-state index contributed by atoms with van der Waals surface area (Å²) in [7, 11) is 0. The van der Waals surface area contributed by atoms with Gasteiger partial charge < -0.3 is 4.74 Å². The van der Waals surface area contributed by atoms with Crippen molar-refractivity contribution >= 4 is 23.6 Å². The Balaban J connectivity index is 1.53. The van der Waals surface area contributed by atoms with E-state index in [1.54, 1.807) is 6.21 Å². The van der Waals surface area contributed by atoms with E-state index >= 15 is 0 Å². The summed E-state index contributed by atoms with van der Waals surface area (Å²) in [4.78, 5) is 14.7. The molecule has 7 nitrogen and oxygen atoms in total. The largest absolute Gasteiger partial charge is 0.489 e. The fourth-order valence-electron chi connectivity index (χ4n) is 1.94. The van der Waals surface area contributed by atoms with Crippen LogP contribution >= 0.6 is 11.6 Å². The van der Waals surface area contributed by atoms with Crippen LogP contribution in [0.5, 0.6) is 5.75 Å². The highest BCUT2D eigenvalue weighted by molar-refractivity contribution is 6.30. The highest BCUT2D eigenvalue weighted by Crippen LogP contribution is 2.15. The maximum atomic E-state index is 11.0. The monoisotopic (exact) mass is 355 g/mol. The van der Waals surface area contributed by atoms with Gasteiger partial charge in [-0.25, -0.2) is 9.89 Å². The van der Waals surface area contributed by atoms with E-state index in [4.69, 9.17) is 16.3 Å². The van der Waals surface area contributed by atoms with Gasteiger partial charge in [0.05, 0.1) is 12.4 Å². The summed E-state index contributed by atoms with van der Waals surface area (Å²) in [6, 6.07) is 14.9. The smallest absolute Gasteiger partial charge is 0.363 e. The van der Waals surface area contributed by atoms with Gasteiger partial charge in [0.2, 0.25) is 0 Å². The Hall–Kier alpha value is -3.19. The summed E-state index contributed by atoms with van der Waals surface area (Å²) in [5.41, 5.74) is 4.00. The van der Waals surface area contributed by atoms with Crippen LogP contribution in [-0.2, 0) is 6.61 Å². The van der Waals surface area contributed by atoms with Gasteiger partial charge in [-0.2, -0.15) is 15.2 Å². The fraction of sp³-hybridized carbons (Fsp3) is 0.0588. The second kappa shape index (κ2) is 8.07. The van der Waals surface area contributed by atoms with Gasteiger partial charge in [0.15, 0.2) is 5.82 Å². The van der Waals surface area contributed by atoms with Crippen LogP contribution in [0.15, 0.2) is 64.6 Å². The number of nitrogens with zero attached hydrogens (tertiary/aromatic N) is 3. The van der Waals surface area contributed by atoms with Crippen molar-refractivity contribution in [3.63, 3.8) is 0 Å². The number of aromatic nitrogens is 3. The number of aromatic amines is 1. The molecule has 0 spiro atoms. The van der Waals surface area contributed by atoms with E-state index < -0.39 is 5.69 Å². The molecule has 0 aliphatic carbocycles. The van der Waals surface area contributed by atoms with Crippen molar-refractivity contribution in [2.45, 2.75) is 6.61 Å². The van der Waals surface area contributed by atoms with Gasteiger partial charge in [-0.05, 0) is 47.5 Å². The molecule has 0 saturated carbocycles. The standard InChI is InChI=1S/C17H14ClN5O2/c18-14-5-1-13(2-6-14)11-25-15-7-3-12(4-8-15)9-19-22-16-10-20-23-17(24)21-16/h1-10H,11H2,(H2,21,22,23,24)/b19-9+. The zero-order chi connectivity index (χ0) is 17.5. The molecule has 0 aliphatic heterocycles. The molecule has 3 rings (SSSR count). The first-order valence-electron chi connectivity index (χ1n) is 7.37. The van der Waals surface area contributed by atoms with E-state index in [-0.39, 0.29) is 5.82 Å². The lowest BCUT2D eigenvalue weighted by Crippen LogP contribution is -2.13. The van der Waals surface area contributed by atoms with Crippen molar-refractivity contribution in [2.24, 2.45) is 5.10 Å². The van der Waals surface area contributed by atoms with E-state index in [0.717, 1.165) is 16.9 Å². The third-order valence-electron chi connectivity index (χ3n) is 3.16. The van der Waals surface area contributed by atoms with Gasteiger partial charge in [-0.3, -0.25) is 5.43 Å². The highest BCUT2D eigenvalue weighted by atomic mass is 35.5. The van der Waals surface area contributed by atoms with Crippen LogP contribution in [-0.4, -0.2) is 21.4 Å². The van der Waals surface area contributed by atoms with E-state index in [0.29, 0.717) is 11.6 Å². The predicted octanol–water partition coefficient (Wildman–Crippen LogP) is 2.84. The van der Waals surface area contributed by atoms with E-state index in [9.17, 15) is 4.79 Å². The van der Waals surface area contributed by atoms with Gasteiger partial charge in [0, 0.05) is 5.02 Å². The number of H-pyrrole nitrogens is 1. The summed E-state index contributed by atoms with van der Waals surface area (Å²) in [6.45, 7) is 0.466. The second-order valence-corrected chi connectivity index (χ2v) is 5.46. The number of hydrogen-bond acceptors (Lipinski definition) is 6. The Morgan fingerprint density at radius 2 is 1.92 bits per heavy atom. The molecule has 0 unspecified atom stereocenters. The highest BCUT2D eigenvalue weighted by Gasteiger charge is 1.97. The maximum Gasteiger partial charge on any atom is 0.363 e. The topological polar surface area (TPSA) is 92.3 Å². The lowest BCUT2D eigenvalue weighted by atomic mass is 10.2. The Labute approximate surface area is 148 Å². The molecule has 1 heterocycles. The molecule has 1 aromatic heterocycles. The Morgan fingerprint density at radius 1 is 1.16 bits per heavy atom. The number of rotatable bonds is 6. The third kappa shape index (κ3) is 5.15. The Bertz CT molecular complexity index is 907. The number of anilines is 1. The number of benzene rings is 2. The Kier molecular flexibility index (Phi) is 5.38. The van der Waals surface area contributed by atoms with Crippen LogP contribution in [0.2, 0.25) is 5.02 Å². The van der Waals surface area contributed by atoms with Crippen molar-refractivity contribution in [1.82, 2.24) is 15.2 Å². The van der Waals surface area contributed by atoms with E-state index in [1.165, 1.54) is 6.20 Å². The first kappa shape index (κ1) is 16.7. The minimum atomic E-state index is -0.539. The number of ether oxygens (including phenoxy) is 1. The SMILES string of the molecule is O=c1nc(N/N=C/c2ccc(OCc3ccc(Cl)cc3)cc2)cn[nH]1. The lowest BCUT2D eigenvalue weighted by molar-refractivity contribution is 0.306. The molecule has 25 heavy (non-hydrogen) atoms. The van der Waals surface area contributed by atoms with Gasteiger partial charge in [0.25, 0.3) is 0 Å². The van der Waals surface area contributed by atoms with Crippen LogP contribution < -0.4 is 15.9 Å². The van der Waals surface area contributed by atoms with Gasteiger partial charge in [0.1, 0.15) is 12.4 Å². The van der Waals surface area contributed by atoms with E-state index in [2.05, 4.69) is 25.7 Å². The molecule has 0 amide bonds. The molecule has 0 radical (unpaired) electrons. The summed E-state index contributed by atoms with van der Waals surface area (Å²) < 4.78 is 5.71. The summed E-state index contributed by atoms with van der Waals surface area (Å²) >= 11 is 5.85. The molecular weight excluding hydrogens is 342 g/mol. The zero-order valence-electron chi connectivity index (χ0n) is 13.0. The van der Waals surface area contributed by atoms with Crippen molar-refractivity contribution < 1.29 is 4.74 Å². The van der Waals surface area contributed by atoms with Crippen LogP contribution in [0.4, 0.5) is 5.82 Å². The van der Waals surface area contributed by atoms with Crippen molar-refractivity contribution in [1.29, 1.82) is 0 Å². The van der Waals surface area contributed by atoms with E-state index in [1.807, 2.05) is 48.5 Å². The first-order chi connectivity index (χ1) is 12.2. The first-order valence-corrected chi connectivity index (χ1v) is 7.75. The minimum absolute atomic E-state index is 0.267. The van der Waals surface area contributed by atoms with Crippen LogP contribution in [0.1, 0.15) is 11.1 Å². The van der Waals surface area contributed by atoms with Crippen molar-refractivity contribution in [3.05, 3.63) is 81.4 Å². The zero-order valence-corrected chi connectivity index (χ0v) is 13.8. The van der Waals surface area contributed by atoms with Crippen molar-refractivity contribution in [3.8, 4) is 5.75 Å². The summed E-state index contributed by atoms with van der Waals surface area (Å²) in [5, 5.41) is 10.5. The minimum Gasteiger partial charge on any atom is -0.489 e. The predicted molar refractivity (Wildman–Crippen MR) is 96.1 cm³/mol. The van der Waals surface area contributed by atoms with Crippen molar-refractivity contribution in [2.75, 3.05) is 5.43 Å². The average Bonchev–Trinajstić information content (AvgIpc) is 2.62. The molecule has 8 heteroatoms. The molecule has 0 aliphatic rings.